The number of amides is 1. The van der Waals surface area contributed by atoms with Gasteiger partial charge in [-0.15, -0.1) is 0 Å². The summed E-state index contributed by atoms with van der Waals surface area (Å²) in [7, 11) is 2.81. The zero-order valence-electron chi connectivity index (χ0n) is 38.2. The number of esters is 1. The number of rotatable bonds is 11. The Hall–Kier alpha value is -3.12. The van der Waals surface area contributed by atoms with Gasteiger partial charge in [-0.2, -0.15) is 0 Å². The van der Waals surface area contributed by atoms with Gasteiger partial charge in [-0.25, -0.2) is 9.59 Å². The molecule has 3 heterocycles. The molecule has 15 nitrogen and oxygen atoms in total. The van der Waals surface area contributed by atoms with Gasteiger partial charge >= 0.3 is 12.1 Å². The van der Waals surface area contributed by atoms with E-state index in [9.17, 15) is 35.1 Å². The van der Waals surface area contributed by atoms with E-state index in [1.807, 2.05) is 53.7 Å². The van der Waals surface area contributed by atoms with Crippen molar-refractivity contribution in [1.29, 1.82) is 0 Å². The first-order valence-corrected chi connectivity index (χ1v) is 21.7. The number of aliphatic hydroxyl groups is 5. The van der Waals surface area contributed by atoms with E-state index >= 15 is 0 Å². The first kappa shape index (κ1) is 52.2. The molecule has 3 rings (SSSR count). The number of ether oxygens (including phenoxy) is 7. The van der Waals surface area contributed by atoms with Crippen LogP contribution >= 0.6 is 0 Å². The molecular weight excluding hydrogens is 790 g/mol. The summed E-state index contributed by atoms with van der Waals surface area (Å²) in [5.74, 6) is -6.00. The van der Waals surface area contributed by atoms with E-state index in [1.165, 1.54) is 20.3 Å². The number of aliphatic hydroxyl groups excluding tert-OH is 4. The predicted octanol–water partition coefficient (Wildman–Crippen LogP) is 4.98. The molecule has 348 valence electrons. The van der Waals surface area contributed by atoms with Crippen LogP contribution in [0, 0.1) is 35.5 Å². The normalized spacial score (nSPS) is 42.2. The average molecular weight is 866 g/mol. The zero-order valence-corrected chi connectivity index (χ0v) is 38.2. The molecule has 61 heavy (non-hydrogen) atoms. The highest BCUT2D eigenvalue weighted by Crippen LogP contribution is 2.42. The average Bonchev–Trinajstić information content (AvgIpc) is 3.19. The lowest BCUT2D eigenvalue weighted by atomic mass is 9.77. The van der Waals surface area contributed by atoms with Gasteiger partial charge in [0.2, 0.25) is 5.76 Å². The first-order chi connectivity index (χ1) is 28.6. The summed E-state index contributed by atoms with van der Waals surface area (Å²) in [6.07, 6.45) is 2.20. The van der Waals surface area contributed by atoms with E-state index in [0.717, 1.165) is 5.57 Å². The van der Waals surface area contributed by atoms with E-state index in [-0.39, 0.29) is 42.3 Å². The predicted molar refractivity (Wildman–Crippen MR) is 228 cm³/mol. The number of hydrogen-bond donors (Lipinski definition) is 6. The Morgan fingerprint density at radius 3 is 2.34 bits per heavy atom. The van der Waals surface area contributed by atoms with Gasteiger partial charge in [-0.05, 0) is 52.5 Å². The third-order valence-corrected chi connectivity index (χ3v) is 12.8. The number of primary amides is 1. The van der Waals surface area contributed by atoms with Crippen LogP contribution in [0.25, 0.3) is 0 Å². The molecule has 0 aliphatic carbocycles. The molecule has 18 atom stereocenters. The molecule has 0 aromatic rings. The molecule has 1 amide bonds. The van der Waals surface area contributed by atoms with E-state index in [2.05, 4.69) is 0 Å². The number of cyclic esters (lactones) is 1. The fraction of sp³-hybridized carbons (Fsp3) is 0.739. The molecule has 0 aromatic carbocycles. The largest absolute Gasteiger partial charge is 0.490 e. The highest BCUT2D eigenvalue weighted by atomic mass is 16.7. The summed E-state index contributed by atoms with van der Waals surface area (Å²) in [6, 6.07) is 0. The topological polar surface area (TPSA) is 226 Å². The lowest BCUT2D eigenvalue weighted by molar-refractivity contribution is -0.338. The quantitative estimate of drug-likeness (QED) is 0.119. The van der Waals surface area contributed by atoms with Crippen LogP contribution in [0.2, 0.25) is 0 Å². The van der Waals surface area contributed by atoms with Gasteiger partial charge in [0.15, 0.2) is 18.2 Å². The summed E-state index contributed by atoms with van der Waals surface area (Å²) >= 11 is 0. The third-order valence-electron chi connectivity index (χ3n) is 12.8. The van der Waals surface area contributed by atoms with Crippen molar-refractivity contribution in [3.63, 3.8) is 0 Å². The number of methoxy groups -OCH3 is 2. The molecule has 0 spiro atoms. The Morgan fingerprint density at radius 1 is 1.10 bits per heavy atom. The summed E-state index contributed by atoms with van der Waals surface area (Å²) in [5, 5.41) is 58.0. The smallest absolute Gasteiger partial charge is 0.404 e. The van der Waals surface area contributed by atoms with Crippen LogP contribution in [0.4, 0.5) is 4.79 Å². The molecule has 3 aliphatic rings. The van der Waals surface area contributed by atoms with Gasteiger partial charge in [0, 0.05) is 49.5 Å². The van der Waals surface area contributed by atoms with Crippen LogP contribution in [-0.2, 0) is 38.0 Å². The molecule has 3 aliphatic heterocycles. The zero-order chi connectivity index (χ0) is 45.9. The number of allylic oxidation sites excluding steroid dienone is 6. The summed E-state index contributed by atoms with van der Waals surface area (Å²) in [6.45, 7) is 18.2. The van der Waals surface area contributed by atoms with E-state index < -0.39 is 97.0 Å². The van der Waals surface area contributed by atoms with E-state index in [0.29, 0.717) is 18.4 Å². The third kappa shape index (κ3) is 13.7. The minimum Gasteiger partial charge on any atom is -0.490 e. The maximum atomic E-state index is 13.9. The minimum absolute atomic E-state index is 0.0313. The molecule has 0 saturated carbocycles. The molecular formula is C46H75NO14. The molecule has 2 saturated heterocycles. The van der Waals surface area contributed by atoms with Gasteiger partial charge in [0.1, 0.15) is 12.2 Å². The van der Waals surface area contributed by atoms with Crippen molar-refractivity contribution in [1.82, 2.24) is 0 Å². The van der Waals surface area contributed by atoms with Crippen molar-refractivity contribution in [2.45, 2.75) is 168 Å². The second-order valence-electron chi connectivity index (χ2n) is 17.5. The van der Waals surface area contributed by atoms with Crippen LogP contribution in [-0.4, -0.2) is 125 Å². The maximum Gasteiger partial charge on any atom is 0.404 e. The first-order valence-electron chi connectivity index (χ1n) is 21.7. The lowest BCUT2D eigenvalue weighted by Crippen LogP contribution is -2.59. The minimum atomic E-state index is -1.97. The van der Waals surface area contributed by atoms with Crippen molar-refractivity contribution in [3.05, 3.63) is 59.4 Å². The lowest BCUT2D eigenvalue weighted by Gasteiger charge is -2.49. The fourth-order valence-electron chi connectivity index (χ4n) is 8.94. The van der Waals surface area contributed by atoms with Crippen LogP contribution in [0.1, 0.15) is 94.9 Å². The Balaban J connectivity index is 2.00. The van der Waals surface area contributed by atoms with Gasteiger partial charge < -0.3 is 64.4 Å². The monoisotopic (exact) mass is 866 g/mol. The van der Waals surface area contributed by atoms with Gasteiger partial charge in [0.05, 0.1) is 49.8 Å². The molecule has 0 radical (unpaired) electrons. The number of carbonyl (C=O) groups is 2. The van der Waals surface area contributed by atoms with Gasteiger partial charge in [-0.1, -0.05) is 89.1 Å². The summed E-state index contributed by atoms with van der Waals surface area (Å²) in [4.78, 5) is 25.4. The van der Waals surface area contributed by atoms with Crippen molar-refractivity contribution in [2.75, 3.05) is 14.2 Å². The molecule has 0 aromatic heterocycles. The van der Waals surface area contributed by atoms with Crippen molar-refractivity contribution in [3.8, 4) is 0 Å². The summed E-state index contributed by atoms with van der Waals surface area (Å²) in [5.41, 5.74) is 6.78. The van der Waals surface area contributed by atoms with Crippen LogP contribution in [0.5, 0.6) is 0 Å². The standard InChI is InChI=1S/C46H75NO14/c1-13-16-34-28(7)37(58-38-22-33(48)43(31(10)57-38)60-45(47)53)23-46(54,61-34)30(9)41(51)29(8)42-35(55-11)18-15-17-24(3)19-26(5)39(49)32(14-2)40(50)27(6)20-25(4)21-36(56-12)44(52)59-42/h13,15-18,20-21,26-35,37-43,48-51,54H,14,19,22-23H2,1-12H3,(H2,47,53)/b16-13+,18-15+,24-17+,25-20+,36-21-/t26-,27-,28-,29+,30+,31-,32?,33-,34-,35+,37-,38+,39-,40+,41-,42-,43-,46-/m1/s1. The number of carbonyl (C=O) groups excluding carboxylic acids is 2. The summed E-state index contributed by atoms with van der Waals surface area (Å²) < 4.78 is 41.4. The van der Waals surface area contributed by atoms with E-state index in [4.69, 9.17) is 38.9 Å². The van der Waals surface area contributed by atoms with Gasteiger partial charge in [-0.3, -0.25) is 0 Å². The van der Waals surface area contributed by atoms with Crippen molar-refractivity contribution < 1.29 is 68.3 Å². The van der Waals surface area contributed by atoms with Crippen LogP contribution in [0.15, 0.2) is 59.4 Å². The SMILES string of the molecule is C/C=C/[C@H]1O[C@@](O)([C@@H](C)[C@H](O)[C@H](C)[C@H]2OC(=O)/C(OC)=C/C(C)=C/[C@@H](C)[C@H](O)C(CC)[C@H](O)[C@H](C)C/C(C)=C/C=C/[C@@H]2OC)C[C@@H](O[C@H]2C[C@@H](O)[C@H](OC(N)=O)[C@@H](C)O2)[C@@H]1C. The maximum absolute atomic E-state index is 13.9. The number of hydrogen-bond acceptors (Lipinski definition) is 14. The highest BCUT2D eigenvalue weighted by molar-refractivity contribution is 5.87. The number of nitrogens with two attached hydrogens (primary N) is 1. The van der Waals surface area contributed by atoms with Crippen molar-refractivity contribution in [2.24, 2.45) is 41.2 Å². The highest BCUT2D eigenvalue weighted by Gasteiger charge is 2.52. The Labute approximate surface area is 362 Å². The molecule has 0 bridgehead atoms. The molecule has 15 heteroatoms. The Morgan fingerprint density at radius 2 is 1.77 bits per heavy atom. The fourth-order valence-corrected chi connectivity index (χ4v) is 8.94. The van der Waals surface area contributed by atoms with Gasteiger partial charge in [0.25, 0.3) is 0 Å². The van der Waals surface area contributed by atoms with Crippen LogP contribution in [0.3, 0.4) is 0 Å². The van der Waals surface area contributed by atoms with Crippen LogP contribution < -0.4 is 5.73 Å². The Bertz CT molecular complexity index is 1570. The second-order valence-corrected chi connectivity index (χ2v) is 17.5. The molecule has 7 N–H and O–H groups in total. The Kier molecular flexibility index (Phi) is 20.1. The molecule has 1 unspecified atom stereocenters. The van der Waals surface area contributed by atoms with E-state index in [1.54, 1.807) is 52.0 Å². The second kappa shape index (κ2) is 23.5. The van der Waals surface area contributed by atoms with Crippen molar-refractivity contribution >= 4 is 12.1 Å². The molecule has 2 fully saturated rings.